The summed E-state index contributed by atoms with van der Waals surface area (Å²) in [5.74, 6) is 3.92. The van der Waals surface area contributed by atoms with Crippen LogP contribution >= 0.6 is 0 Å². The van der Waals surface area contributed by atoms with Crippen molar-refractivity contribution in [1.82, 2.24) is 0 Å². The van der Waals surface area contributed by atoms with E-state index in [0.29, 0.717) is 21.9 Å². The third-order valence-corrected chi connectivity index (χ3v) is 1.95. The molecular weight excluding hydrogens is 208 g/mol. The van der Waals surface area contributed by atoms with Gasteiger partial charge in [-0.2, -0.15) is 0 Å². The number of hydrogen-bond donors (Lipinski definition) is 0. The summed E-state index contributed by atoms with van der Waals surface area (Å²) in [5.41, 5.74) is 0. The molecule has 1 aromatic rings. The van der Waals surface area contributed by atoms with Crippen molar-refractivity contribution in [1.29, 1.82) is 0 Å². The van der Waals surface area contributed by atoms with Crippen LogP contribution in [0.4, 0.5) is 0 Å². The second-order valence-corrected chi connectivity index (χ2v) is 2.87. The fraction of sp³-hybridized carbons (Fsp3) is 0.333. The van der Waals surface area contributed by atoms with Gasteiger partial charge in [0.05, 0.1) is 27.1 Å². The van der Waals surface area contributed by atoms with E-state index < -0.39 is 0 Å². The Morgan fingerprint density at radius 3 is 2.31 bits per heavy atom. The van der Waals surface area contributed by atoms with Crippen LogP contribution in [0, 0.1) is 0 Å². The van der Waals surface area contributed by atoms with E-state index >= 15 is 0 Å². The first kappa shape index (κ1) is 12.1. The zero-order valence-electron chi connectivity index (χ0n) is 9.79. The number of hydrogen-bond acceptors (Lipinski definition) is 3. The van der Waals surface area contributed by atoms with Crippen molar-refractivity contribution in [3.05, 3.63) is 22.6 Å². The zero-order chi connectivity index (χ0) is 12.0. The first-order valence-corrected chi connectivity index (χ1v) is 4.60. The Kier molecular flexibility index (Phi) is 4.42. The van der Waals surface area contributed by atoms with E-state index in [1.54, 1.807) is 26.4 Å². The van der Waals surface area contributed by atoms with Crippen LogP contribution in [0.2, 0.25) is 0 Å². The average Bonchev–Trinajstić information content (AvgIpc) is 2.31. The summed E-state index contributed by atoms with van der Waals surface area (Å²) < 4.78 is 20.0. The zero-order valence-corrected chi connectivity index (χ0v) is 9.79. The highest BCUT2D eigenvalue weighted by Crippen LogP contribution is 2.04. The molecule has 0 radical (unpaired) electrons. The summed E-state index contributed by atoms with van der Waals surface area (Å²) in [4.78, 5) is 0. The topological polar surface area (TPSA) is 39.0 Å². The number of ether oxygens (including phenoxy) is 3. The Morgan fingerprint density at radius 1 is 1.12 bits per heavy atom. The number of methoxy groups -OCH3 is 3. The van der Waals surface area contributed by atoms with Crippen molar-refractivity contribution in [2.24, 2.45) is 0 Å². The molecule has 1 rings (SSSR count). The molecule has 0 fully saturated rings. The molecule has 0 atom stereocenters. The van der Waals surface area contributed by atoms with Crippen molar-refractivity contribution in [2.45, 2.75) is 0 Å². The molecule has 1 aromatic carbocycles. The molecule has 0 aliphatic rings. The van der Waals surface area contributed by atoms with Gasteiger partial charge in [-0.3, -0.25) is 0 Å². The maximum atomic E-state index is 5.19. The Morgan fingerprint density at radius 2 is 1.81 bits per heavy atom. The molecule has 16 heavy (non-hydrogen) atoms. The van der Waals surface area contributed by atoms with Gasteiger partial charge in [0.2, 0.25) is 0 Å². The van der Waals surface area contributed by atoms with Gasteiger partial charge in [-0.15, -0.1) is 11.3 Å². The van der Waals surface area contributed by atoms with Gasteiger partial charge in [0.1, 0.15) is 5.22 Å². The van der Waals surface area contributed by atoms with Crippen LogP contribution in [0.15, 0.2) is 12.1 Å². The monoisotopic (exact) mass is 222 g/mol. The third kappa shape index (κ3) is 2.55. The molecule has 0 aliphatic carbocycles. The van der Waals surface area contributed by atoms with E-state index in [1.807, 2.05) is 0 Å². The molecule has 0 N–H and O–H groups in total. The van der Waals surface area contributed by atoms with Crippen LogP contribution < -0.4 is 19.9 Å². The van der Waals surface area contributed by atoms with Crippen LogP contribution in [-0.2, 0) is 9.16 Å². The Balaban J connectivity index is 3.60. The van der Waals surface area contributed by atoms with Gasteiger partial charge in [0, 0.05) is 12.0 Å². The molecule has 0 amide bonds. The van der Waals surface area contributed by atoms with Gasteiger partial charge in [-0.05, 0) is 0 Å². The van der Waals surface area contributed by atoms with E-state index in [9.17, 15) is 0 Å². The van der Waals surface area contributed by atoms with Gasteiger partial charge in [0.25, 0.3) is 7.11 Å². The van der Waals surface area contributed by atoms with E-state index in [-0.39, 0.29) is 0 Å². The largest absolute Gasteiger partial charge is 0.562 e. The molecule has 86 valence electrons. The van der Waals surface area contributed by atoms with Crippen molar-refractivity contribution < 1.29 is 18.6 Å². The highest BCUT2D eigenvalue weighted by atomic mass is 16.5. The van der Waals surface area contributed by atoms with Gasteiger partial charge >= 0.3 is 5.94 Å². The lowest BCUT2D eigenvalue weighted by Crippen LogP contribution is -2.16. The maximum Gasteiger partial charge on any atom is 0.353 e. The van der Waals surface area contributed by atoms with Crippen LogP contribution in [0.3, 0.4) is 0 Å². The highest BCUT2D eigenvalue weighted by Gasteiger charge is 1.97. The molecule has 4 heteroatoms. The van der Waals surface area contributed by atoms with Crippen molar-refractivity contribution >= 4 is 12.2 Å². The SMILES string of the molecule is CO[C-]=c1cc(OC)c(=C=[O+]C)cc1OC. The smallest absolute Gasteiger partial charge is 0.353 e. The first-order chi connectivity index (χ1) is 7.76. The minimum atomic E-state index is 0.613. The molecule has 0 aromatic heterocycles. The minimum Gasteiger partial charge on any atom is -0.562 e. The van der Waals surface area contributed by atoms with Crippen molar-refractivity contribution in [3.8, 4) is 11.5 Å². The molecule has 0 unspecified atom stereocenters. The van der Waals surface area contributed by atoms with E-state index in [4.69, 9.17) is 18.6 Å². The highest BCUT2D eigenvalue weighted by molar-refractivity contribution is 5.54. The molecule has 0 saturated heterocycles. The van der Waals surface area contributed by atoms with Crippen LogP contribution in [-0.4, -0.2) is 34.4 Å². The summed E-state index contributed by atoms with van der Waals surface area (Å²) in [6.07, 6.45) is 2.70. The molecule has 0 aliphatic heterocycles. The molecular formula is C12H14O4. The Hall–Kier alpha value is -1.93. The third-order valence-electron chi connectivity index (χ3n) is 1.95. The lowest BCUT2D eigenvalue weighted by molar-refractivity contribution is 0.188. The van der Waals surface area contributed by atoms with Crippen molar-refractivity contribution in [3.63, 3.8) is 0 Å². The molecule has 0 saturated carbocycles. The van der Waals surface area contributed by atoms with E-state index in [1.165, 1.54) is 14.2 Å². The van der Waals surface area contributed by atoms with Crippen LogP contribution in [0.5, 0.6) is 11.5 Å². The van der Waals surface area contributed by atoms with Gasteiger partial charge in [0.15, 0.2) is 0 Å². The summed E-state index contributed by atoms with van der Waals surface area (Å²) in [6.45, 7) is 0. The summed E-state index contributed by atoms with van der Waals surface area (Å²) in [7, 11) is 6.18. The maximum absolute atomic E-state index is 5.19. The van der Waals surface area contributed by atoms with Gasteiger partial charge in [-0.1, -0.05) is 6.07 Å². The second-order valence-electron chi connectivity index (χ2n) is 2.87. The fourth-order valence-corrected chi connectivity index (χ4v) is 1.28. The molecule has 4 nitrogen and oxygen atoms in total. The minimum absolute atomic E-state index is 0.613. The van der Waals surface area contributed by atoms with Gasteiger partial charge < -0.3 is 14.2 Å². The summed E-state index contributed by atoms with van der Waals surface area (Å²) >= 11 is 0. The number of carbonyl (C=O) groups excluding carboxylic acids is 1. The predicted molar refractivity (Wildman–Crippen MR) is 59.9 cm³/mol. The van der Waals surface area contributed by atoms with E-state index in [0.717, 1.165) is 0 Å². The number of benzene rings is 1. The summed E-state index contributed by atoms with van der Waals surface area (Å²) in [6, 6.07) is 3.48. The quantitative estimate of drug-likeness (QED) is 0.517. The number of rotatable bonds is 3. The lowest BCUT2D eigenvalue weighted by atomic mass is 10.2. The fourth-order valence-electron chi connectivity index (χ4n) is 1.28. The van der Waals surface area contributed by atoms with Gasteiger partial charge in [-0.25, -0.2) is 4.42 Å². The van der Waals surface area contributed by atoms with Crippen molar-refractivity contribution in [2.75, 3.05) is 28.4 Å². The lowest BCUT2D eigenvalue weighted by Gasteiger charge is -2.11. The first-order valence-electron chi connectivity index (χ1n) is 4.60. The van der Waals surface area contributed by atoms with Crippen LogP contribution in [0.25, 0.3) is 6.26 Å². The average molecular weight is 222 g/mol. The summed E-state index contributed by atoms with van der Waals surface area (Å²) in [5, 5.41) is 1.34. The second kappa shape index (κ2) is 5.83. The standard InChI is InChI=1S/C12H14O4/c1-13-7-9-5-12(16-4)10(8-14-2)6-11(9)15-3/h5-6H,1-4H3. The molecule has 0 spiro atoms. The van der Waals surface area contributed by atoms with Crippen LogP contribution in [0.1, 0.15) is 0 Å². The normalized spacial score (nSPS) is 10.6. The predicted octanol–water partition coefficient (Wildman–Crippen LogP) is -0.366. The Bertz CT molecular complexity index is 498. The molecule has 0 heterocycles. The molecule has 0 bridgehead atoms. The van der Waals surface area contributed by atoms with E-state index in [2.05, 4.69) is 12.2 Å². The Labute approximate surface area is 94.1 Å².